The predicted molar refractivity (Wildman–Crippen MR) is 93.5 cm³/mol. The minimum absolute atomic E-state index is 0.0274. The van der Waals surface area contributed by atoms with Crippen molar-refractivity contribution in [3.8, 4) is 0 Å². The van der Waals surface area contributed by atoms with Crippen LogP contribution in [-0.2, 0) is 6.42 Å². The van der Waals surface area contributed by atoms with Gasteiger partial charge in [0.15, 0.2) is 0 Å². The smallest absolute Gasteiger partial charge is 0.315 e. The maximum absolute atomic E-state index is 11.9. The summed E-state index contributed by atoms with van der Waals surface area (Å²) in [6.07, 6.45) is 7.10. The zero-order valence-electron chi connectivity index (χ0n) is 14.0. The van der Waals surface area contributed by atoms with Crippen LogP contribution >= 0.6 is 0 Å². The second-order valence-electron chi connectivity index (χ2n) is 7.03. The molecule has 1 aliphatic carbocycles. The fourth-order valence-corrected chi connectivity index (χ4v) is 3.76. The number of carbonyl (C=O) groups excluding carboxylic acids is 1. The predicted octanol–water partition coefficient (Wildman–Crippen LogP) is 2.79. The summed E-state index contributed by atoms with van der Waals surface area (Å²) >= 11 is 0. The normalized spacial score (nSPS) is 22.3. The van der Waals surface area contributed by atoms with Crippen LogP contribution in [0, 0.1) is 5.92 Å². The van der Waals surface area contributed by atoms with Gasteiger partial charge in [0, 0.05) is 25.7 Å². The first-order valence-electron chi connectivity index (χ1n) is 9.10. The molecule has 2 fully saturated rings. The second kappa shape index (κ2) is 8.34. The number of rotatable bonds is 6. The SMILES string of the molecule is O=C(NC[C@H]1CCN(CCc2ccccc2)C1)NC1CCCC1. The van der Waals surface area contributed by atoms with Crippen LogP contribution in [-0.4, -0.2) is 43.2 Å². The third-order valence-corrected chi connectivity index (χ3v) is 5.17. The topological polar surface area (TPSA) is 44.4 Å². The van der Waals surface area contributed by atoms with Crippen LogP contribution in [0.4, 0.5) is 4.79 Å². The summed E-state index contributed by atoms with van der Waals surface area (Å²) in [6, 6.07) is 11.1. The first-order chi connectivity index (χ1) is 11.3. The van der Waals surface area contributed by atoms with Crippen molar-refractivity contribution in [1.82, 2.24) is 15.5 Å². The largest absolute Gasteiger partial charge is 0.338 e. The summed E-state index contributed by atoms with van der Waals surface area (Å²) in [6.45, 7) is 4.19. The second-order valence-corrected chi connectivity index (χ2v) is 7.03. The highest BCUT2D eigenvalue weighted by Crippen LogP contribution is 2.18. The molecule has 1 saturated heterocycles. The highest BCUT2D eigenvalue weighted by molar-refractivity contribution is 5.74. The van der Waals surface area contributed by atoms with Gasteiger partial charge in [-0.25, -0.2) is 4.79 Å². The maximum atomic E-state index is 11.9. The van der Waals surface area contributed by atoms with Crippen LogP contribution in [0.5, 0.6) is 0 Å². The molecule has 2 N–H and O–H groups in total. The molecule has 4 heteroatoms. The number of nitrogens with zero attached hydrogens (tertiary/aromatic N) is 1. The van der Waals surface area contributed by atoms with E-state index in [4.69, 9.17) is 0 Å². The van der Waals surface area contributed by atoms with Crippen molar-refractivity contribution in [1.29, 1.82) is 0 Å². The molecular weight excluding hydrogens is 286 g/mol. The van der Waals surface area contributed by atoms with Crippen LogP contribution in [0.15, 0.2) is 30.3 Å². The van der Waals surface area contributed by atoms with E-state index in [1.165, 1.54) is 24.8 Å². The van der Waals surface area contributed by atoms with E-state index >= 15 is 0 Å². The fourth-order valence-electron chi connectivity index (χ4n) is 3.76. The van der Waals surface area contributed by atoms with E-state index in [-0.39, 0.29) is 6.03 Å². The lowest BCUT2D eigenvalue weighted by molar-refractivity contribution is 0.234. The van der Waals surface area contributed by atoms with Crippen LogP contribution in [0.25, 0.3) is 0 Å². The Morgan fingerprint density at radius 3 is 2.70 bits per heavy atom. The van der Waals surface area contributed by atoms with Crippen molar-refractivity contribution in [3.05, 3.63) is 35.9 Å². The lowest BCUT2D eigenvalue weighted by atomic mass is 10.1. The molecule has 1 saturated carbocycles. The minimum atomic E-state index is 0.0274. The molecule has 1 atom stereocenters. The molecule has 1 heterocycles. The molecule has 1 aliphatic heterocycles. The number of nitrogens with one attached hydrogen (secondary N) is 2. The summed E-state index contributed by atoms with van der Waals surface area (Å²) in [4.78, 5) is 14.4. The van der Waals surface area contributed by atoms with Crippen molar-refractivity contribution >= 4 is 6.03 Å². The zero-order valence-corrected chi connectivity index (χ0v) is 14.0. The number of amides is 2. The lowest BCUT2D eigenvalue weighted by Gasteiger charge is -2.17. The molecule has 1 aromatic carbocycles. The van der Waals surface area contributed by atoms with Gasteiger partial charge in [0.1, 0.15) is 0 Å². The van der Waals surface area contributed by atoms with E-state index in [0.717, 1.165) is 45.4 Å². The third-order valence-electron chi connectivity index (χ3n) is 5.17. The van der Waals surface area contributed by atoms with Crippen LogP contribution < -0.4 is 10.6 Å². The van der Waals surface area contributed by atoms with E-state index < -0.39 is 0 Å². The monoisotopic (exact) mass is 315 g/mol. The molecule has 0 unspecified atom stereocenters. The molecule has 0 radical (unpaired) electrons. The summed E-state index contributed by atoms with van der Waals surface area (Å²) in [5, 5.41) is 6.17. The van der Waals surface area contributed by atoms with Crippen molar-refractivity contribution in [3.63, 3.8) is 0 Å². The summed E-state index contributed by atoms with van der Waals surface area (Å²) < 4.78 is 0. The summed E-state index contributed by atoms with van der Waals surface area (Å²) in [5.41, 5.74) is 1.41. The maximum Gasteiger partial charge on any atom is 0.315 e. The van der Waals surface area contributed by atoms with E-state index in [1.54, 1.807) is 0 Å². The van der Waals surface area contributed by atoms with Gasteiger partial charge in [0.2, 0.25) is 0 Å². The quantitative estimate of drug-likeness (QED) is 0.848. The van der Waals surface area contributed by atoms with Crippen molar-refractivity contribution in [2.45, 2.75) is 44.6 Å². The van der Waals surface area contributed by atoms with E-state index in [1.807, 2.05) is 0 Å². The molecule has 0 aromatic heterocycles. The first-order valence-corrected chi connectivity index (χ1v) is 9.10. The van der Waals surface area contributed by atoms with Crippen LogP contribution in [0.2, 0.25) is 0 Å². The fraction of sp³-hybridized carbons (Fsp3) is 0.632. The Morgan fingerprint density at radius 1 is 1.13 bits per heavy atom. The average molecular weight is 315 g/mol. The molecule has 2 amide bonds. The van der Waals surface area contributed by atoms with Gasteiger partial charge in [-0.05, 0) is 43.7 Å². The molecule has 2 aliphatic rings. The number of hydrogen-bond acceptors (Lipinski definition) is 2. The molecule has 0 spiro atoms. The molecule has 1 aromatic rings. The number of likely N-dealkylation sites (tertiary alicyclic amines) is 1. The van der Waals surface area contributed by atoms with Gasteiger partial charge in [-0.1, -0.05) is 43.2 Å². The van der Waals surface area contributed by atoms with Crippen LogP contribution in [0.1, 0.15) is 37.7 Å². The number of benzene rings is 1. The van der Waals surface area contributed by atoms with Crippen molar-refractivity contribution < 1.29 is 4.79 Å². The Balaban J connectivity index is 1.31. The average Bonchev–Trinajstić information content (AvgIpc) is 3.24. The van der Waals surface area contributed by atoms with Gasteiger partial charge in [-0.15, -0.1) is 0 Å². The van der Waals surface area contributed by atoms with Gasteiger partial charge in [-0.2, -0.15) is 0 Å². The Bertz CT molecular complexity index is 485. The van der Waals surface area contributed by atoms with Crippen molar-refractivity contribution in [2.24, 2.45) is 5.92 Å². The Kier molecular flexibility index (Phi) is 5.92. The molecule has 23 heavy (non-hydrogen) atoms. The number of urea groups is 1. The molecule has 0 bridgehead atoms. The molecule has 4 nitrogen and oxygen atoms in total. The zero-order chi connectivity index (χ0) is 15.9. The first kappa shape index (κ1) is 16.3. The van der Waals surface area contributed by atoms with Gasteiger partial charge >= 0.3 is 6.03 Å². The summed E-state index contributed by atoms with van der Waals surface area (Å²) in [7, 11) is 0. The third kappa shape index (κ3) is 5.24. The van der Waals surface area contributed by atoms with Crippen LogP contribution in [0.3, 0.4) is 0 Å². The lowest BCUT2D eigenvalue weighted by Crippen LogP contribution is -2.43. The molecule has 3 rings (SSSR count). The highest BCUT2D eigenvalue weighted by atomic mass is 16.2. The van der Waals surface area contributed by atoms with E-state index in [2.05, 4.69) is 45.9 Å². The number of carbonyl (C=O) groups is 1. The van der Waals surface area contributed by atoms with Gasteiger partial charge < -0.3 is 15.5 Å². The molecule has 126 valence electrons. The van der Waals surface area contributed by atoms with Gasteiger partial charge in [0.05, 0.1) is 0 Å². The number of hydrogen-bond donors (Lipinski definition) is 2. The Morgan fingerprint density at radius 2 is 1.91 bits per heavy atom. The van der Waals surface area contributed by atoms with Gasteiger partial charge in [0.25, 0.3) is 0 Å². The Labute approximate surface area is 139 Å². The Hall–Kier alpha value is -1.55. The van der Waals surface area contributed by atoms with E-state index in [0.29, 0.717) is 12.0 Å². The minimum Gasteiger partial charge on any atom is -0.338 e. The van der Waals surface area contributed by atoms with Gasteiger partial charge in [-0.3, -0.25) is 0 Å². The van der Waals surface area contributed by atoms with Crippen molar-refractivity contribution in [2.75, 3.05) is 26.2 Å². The standard InChI is InChI=1S/C19H29N3O/c23-19(21-18-8-4-5-9-18)20-14-17-11-13-22(15-17)12-10-16-6-2-1-3-7-16/h1-3,6-7,17-18H,4-5,8-15H2,(H2,20,21,23)/t17-/m1/s1. The van der Waals surface area contributed by atoms with E-state index in [9.17, 15) is 4.79 Å². The highest BCUT2D eigenvalue weighted by Gasteiger charge is 2.23. The molecular formula is C19H29N3O. The summed E-state index contributed by atoms with van der Waals surface area (Å²) in [5.74, 6) is 0.597.